The molecular weight excluding hydrogens is 385 g/mol. The van der Waals surface area contributed by atoms with Gasteiger partial charge < -0.3 is 14.3 Å². The fourth-order valence-corrected chi connectivity index (χ4v) is 3.38. The minimum absolute atomic E-state index is 0.262. The number of rotatable bonds is 5. The maximum absolute atomic E-state index is 12.2. The summed E-state index contributed by atoms with van der Waals surface area (Å²) in [5, 5.41) is 4.02. The lowest BCUT2D eigenvalue weighted by atomic mass is 10.2. The Labute approximate surface area is 165 Å². The Hall–Kier alpha value is -2.76. The van der Waals surface area contributed by atoms with Crippen LogP contribution in [0.3, 0.4) is 0 Å². The molecule has 0 aliphatic carbocycles. The van der Waals surface area contributed by atoms with Gasteiger partial charge in [0.25, 0.3) is 5.91 Å². The van der Waals surface area contributed by atoms with Gasteiger partial charge in [0.2, 0.25) is 0 Å². The Kier molecular flexibility index (Phi) is 4.88. The van der Waals surface area contributed by atoms with E-state index in [9.17, 15) is 4.79 Å². The summed E-state index contributed by atoms with van der Waals surface area (Å²) in [4.78, 5) is 16.8. The number of nitrogens with one attached hydrogen (secondary N) is 1. The monoisotopic (exact) mass is 399 g/mol. The van der Waals surface area contributed by atoms with E-state index >= 15 is 0 Å². The van der Waals surface area contributed by atoms with Gasteiger partial charge in [0.1, 0.15) is 5.82 Å². The average molecular weight is 400 g/mol. The standard InChI is InChI=1S/C20H15Cl2N3O2/c21-14-8-7-13(15(22)10-14)12-25-17-5-2-1-4-16(17)24-19(25)11-23-20(26)18-6-3-9-27-18/h1-10H,11-12H2,(H,23,26). The molecule has 2 aromatic carbocycles. The number of imidazole rings is 1. The van der Waals surface area contributed by atoms with Crippen LogP contribution in [0.2, 0.25) is 10.0 Å². The smallest absolute Gasteiger partial charge is 0.287 e. The first kappa shape index (κ1) is 17.6. The molecule has 0 aliphatic heterocycles. The normalized spacial score (nSPS) is 11.0. The fourth-order valence-electron chi connectivity index (χ4n) is 2.91. The van der Waals surface area contributed by atoms with Gasteiger partial charge >= 0.3 is 0 Å². The van der Waals surface area contributed by atoms with Crippen LogP contribution < -0.4 is 5.32 Å². The Morgan fingerprint density at radius 1 is 1.11 bits per heavy atom. The van der Waals surface area contributed by atoms with Gasteiger partial charge in [0, 0.05) is 10.0 Å². The lowest BCUT2D eigenvalue weighted by molar-refractivity contribution is 0.0922. The Bertz CT molecular complexity index is 1100. The first-order chi connectivity index (χ1) is 13.1. The first-order valence-electron chi connectivity index (χ1n) is 8.31. The fraction of sp³-hybridized carbons (Fsp3) is 0.100. The summed E-state index contributed by atoms with van der Waals surface area (Å²) in [7, 11) is 0. The highest BCUT2D eigenvalue weighted by molar-refractivity contribution is 6.35. The summed E-state index contributed by atoms with van der Waals surface area (Å²) in [5.74, 6) is 0.698. The summed E-state index contributed by atoms with van der Waals surface area (Å²) in [6, 6.07) is 16.5. The van der Waals surface area contributed by atoms with Crippen molar-refractivity contribution in [2.45, 2.75) is 13.1 Å². The van der Waals surface area contributed by atoms with E-state index in [0.29, 0.717) is 16.6 Å². The van der Waals surface area contributed by atoms with Crippen LogP contribution in [0.4, 0.5) is 0 Å². The van der Waals surface area contributed by atoms with Gasteiger partial charge in [0.15, 0.2) is 5.76 Å². The summed E-state index contributed by atoms with van der Waals surface area (Å²) < 4.78 is 7.16. The molecule has 2 aromatic heterocycles. The van der Waals surface area contributed by atoms with E-state index in [1.807, 2.05) is 34.9 Å². The molecule has 5 nitrogen and oxygen atoms in total. The number of fused-ring (bicyclic) bond motifs is 1. The number of furan rings is 1. The number of hydrogen-bond donors (Lipinski definition) is 1. The van der Waals surface area contributed by atoms with Crippen molar-refractivity contribution >= 4 is 40.1 Å². The molecule has 136 valence electrons. The highest BCUT2D eigenvalue weighted by Gasteiger charge is 2.15. The van der Waals surface area contributed by atoms with Gasteiger partial charge in [0.05, 0.1) is 30.4 Å². The lowest BCUT2D eigenvalue weighted by Crippen LogP contribution is -2.24. The van der Waals surface area contributed by atoms with Crippen molar-refractivity contribution in [3.05, 3.63) is 88.1 Å². The predicted molar refractivity (Wildman–Crippen MR) is 105 cm³/mol. The number of amides is 1. The Morgan fingerprint density at radius 3 is 2.74 bits per heavy atom. The van der Waals surface area contributed by atoms with E-state index < -0.39 is 0 Å². The van der Waals surface area contributed by atoms with Gasteiger partial charge in [-0.25, -0.2) is 4.98 Å². The van der Waals surface area contributed by atoms with Crippen molar-refractivity contribution in [1.82, 2.24) is 14.9 Å². The number of aromatic nitrogens is 2. The molecule has 0 saturated heterocycles. The first-order valence-corrected chi connectivity index (χ1v) is 9.07. The lowest BCUT2D eigenvalue weighted by Gasteiger charge is -2.11. The second-order valence-corrected chi connectivity index (χ2v) is 6.84. The van der Waals surface area contributed by atoms with Crippen LogP contribution in [0.15, 0.2) is 65.3 Å². The minimum atomic E-state index is -0.289. The average Bonchev–Trinajstić information content (AvgIpc) is 3.30. The Morgan fingerprint density at radius 2 is 1.96 bits per heavy atom. The zero-order valence-electron chi connectivity index (χ0n) is 14.2. The van der Waals surface area contributed by atoms with E-state index in [-0.39, 0.29) is 18.2 Å². The third-order valence-corrected chi connectivity index (χ3v) is 4.82. The van der Waals surface area contributed by atoms with Gasteiger partial charge in [-0.2, -0.15) is 0 Å². The molecule has 4 rings (SSSR count). The number of hydrogen-bond acceptors (Lipinski definition) is 3. The third-order valence-electron chi connectivity index (χ3n) is 4.23. The minimum Gasteiger partial charge on any atom is -0.459 e. The molecular formula is C20H15Cl2N3O2. The molecule has 0 radical (unpaired) electrons. The van der Waals surface area contributed by atoms with Crippen LogP contribution in [0.1, 0.15) is 21.9 Å². The molecule has 0 saturated carbocycles. The maximum Gasteiger partial charge on any atom is 0.287 e. The van der Waals surface area contributed by atoms with Crippen molar-refractivity contribution in [2.75, 3.05) is 0 Å². The highest BCUT2D eigenvalue weighted by atomic mass is 35.5. The molecule has 4 aromatic rings. The number of carbonyl (C=O) groups is 1. The van der Waals surface area contributed by atoms with Crippen LogP contribution in [-0.2, 0) is 13.1 Å². The zero-order valence-corrected chi connectivity index (χ0v) is 15.7. The van der Waals surface area contributed by atoms with Gasteiger partial charge in [-0.3, -0.25) is 4.79 Å². The molecule has 7 heteroatoms. The predicted octanol–water partition coefficient (Wildman–Crippen LogP) is 4.91. The van der Waals surface area contributed by atoms with Gasteiger partial charge in [-0.05, 0) is 42.0 Å². The van der Waals surface area contributed by atoms with Crippen molar-refractivity contribution in [3.63, 3.8) is 0 Å². The molecule has 2 heterocycles. The van der Waals surface area contributed by atoms with E-state index in [1.54, 1.807) is 24.3 Å². The van der Waals surface area contributed by atoms with Crippen LogP contribution in [0, 0.1) is 0 Å². The summed E-state index contributed by atoms with van der Waals surface area (Å²) >= 11 is 12.3. The molecule has 0 fully saturated rings. The van der Waals surface area contributed by atoms with Crippen LogP contribution >= 0.6 is 23.2 Å². The second kappa shape index (κ2) is 7.47. The topological polar surface area (TPSA) is 60.1 Å². The third kappa shape index (κ3) is 3.70. The van der Waals surface area contributed by atoms with Crippen LogP contribution in [0.5, 0.6) is 0 Å². The zero-order chi connectivity index (χ0) is 18.8. The van der Waals surface area contributed by atoms with E-state index in [1.165, 1.54) is 6.26 Å². The molecule has 1 amide bonds. The van der Waals surface area contributed by atoms with E-state index in [0.717, 1.165) is 22.4 Å². The van der Waals surface area contributed by atoms with Gasteiger partial charge in [-0.15, -0.1) is 0 Å². The number of carbonyl (C=O) groups excluding carboxylic acids is 1. The second-order valence-electron chi connectivity index (χ2n) is 6.00. The number of para-hydroxylation sites is 2. The molecule has 0 bridgehead atoms. The van der Waals surface area contributed by atoms with E-state index in [4.69, 9.17) is 27.6 Å². The number of halogens is 2. The van der Waals surface area contributed by atoms with Crippen molar-refractivity contribution in [2.24, 2.45) is 0 Å². The Balaban J connectivity index is 1.65. The van der Waals surface area contributed by atoms with Crippen molar-refractivity contribution in [1.29, 1.82) is 0 Å². The van der Waals surface area contributed by atoms with E-state index in [2.05, 4.69) is 10.3 Å². The quantitative estimate of drug-likeness (QED) is 0.518. The maximum atomic E-state index is 12.2. The molecule has 27 heavy (non-hydrogen) atoms. The largest absolute Gasteiger partial charge is 0.459 e. The molecule has 0 aliphatic rings. The number of benzene rings is 2. The number of nitrogens with zero attached hydrogens (tertiary/aromatic N) is 2. The van der Waals surface area contributed by atoms with Gasteiger partial charge in [-0.1, -0.05) is 41.4 Å². The highest BCUT2D eigenvalue weighted by Crippen LogP contribution is 2.24. The summed E-state index contributed by atoms with van der Waals surface area (Å²) in [5.41, 5.74) is 2.73. The molecule has 0 unspecified atom stereocenters. The van der Waals surface area contributed by atoms with Crippen LogP contribution in [-0.4, -0.2) is 15.5 Å². The summed E-state index contributed by atoms with van der Waals surface area (Å²) in [6.07, 6.45) is 1.46. The SMILES string of the molecule is O=C(NCc1nc2ccccc2n1Cc1ccc(Cl)cc1Cl)c1ccco1. The summed E-state index contributed by atoms with van der Waals surface area (Å²) in [6.45, 7) is 0.780. The molecule has 1 N–H and O–H groups in total. The van der Waals surface area contributed by atoms with Crippen molar-refractivity contribution < 1.29 is 9.21 Å². The van der Waals surface area contributed by atoms with Crippen LogP contribution in [0.25, 0.3) is 11.0 Å². The van der Waals surface area contributed by atoms with Crippen molar-refractivity contribution in [3.8, 4) is 0 Å². The molecule has 0 spiro atoms. The molecule has 0 atom stereocenters.